The Morgan fingerprint density at radius 3 is 2.43 bits per heavy atom. The standard InChI is InChI=1S/C14H23N3O6/c1-3-4-5-9(15)13(20)17-10(14(21)22)8-16-11(18)6-7-12(19)23-2/h6-7,9-10H,3-5,8,15H2,1-2H3,(H,16,18)(H,17,20)(H,21,22)/b7-6+/t9?,10-/m0/s1. The fourth-order valence-corrected chi connectivity index (χ4v) is 1.51. The van der Waals surface area contributed by atoms with E-state index in [2.05, 4.69) is 15.4 Å². The van der Waals surface area contributed by atoms with Gasteiger partial charge in [0.25, 0.3) is 0 Å². The summed E-state index contributed by atoms with van der Waals surface area (Å²) in [6, 6.07) is -2.11. The lowest BCUT2D eigenvalue weighted by atomic mass is 10.1. The Morgan fingerprint density at radius 1 is 1.26 bits per heavy atom. The third-order valence-electron chi connectivity index (χ3n) is 2.87. The number of nitrogens with two attached hydrogens (primary N) is 1. The predicted molar refractivity (Wildman–Crippen MR) is 81.2 cm³/mol. The van der Waals surface area contributed by atoms with Crippen molar-refractivity contribution < 1.29 is 29.0 Å². The molecule has 9 heteroatoms. The van der Waals surface area contributed by atoms with Crippen LogP contribution in [0.2, 0.25) is 0 Å². The second-order valence-electron chi connectivity index (χ2n) is 4.75. The van der Waals surface area contributed by atoms with E-state index in [-0.39, 0.29) is 6.54 Å². The topological polar surface area (TPSA) is 148 Å². The Morgan fingerprint density at radius 2 is 1.91 bits per heavy atom. The number of carboxylic acid groups (broad SMARTS) is 1. The normalized spacial score (nSPS) is 13.2. The van der Waals surface area contributed by atoms with E-state index in [0.29, 0.717) is 6.42 Å². The van der Waals surface area contributed by atoms with E-state index >= 15 is 0 Å². The molecule has 0 bridgehead atoms. The number of carbonyl (C=O) groups is 4. The highest BCUT2D eigenvalue weighted by atomic mass is 16.5. The van der Waals surface area contributed by atoms with Gasteiger partial charge in [0.2, 0.25) is 11.8 Å². The van der Waals surface area contributed by atoms with Gasteiger partial charge in [0, 0.05) is 18.7 Å². The third kappa shape index (κ3) is 9.25. The molecule has 0 radical (unpaired) electrons. The molecule has 0 aliphatic heterocycles. The molecule has 0 saturated heterocycles. The van der Waals surface area contributed by atoms with Gasteiger partial charge in [-0.1, -0.05) is 19.8 Å². The Labute approximate surface area is 134 Å². The number of nitrogens with one attached hydrogen (secondary N) is 2. The number of ether oxygens (including phenoxy) is 1. The second-order valence-corrected chi connectivity index (χ2v) is 4.75. The maximum Gasteiger partial charge on any atom is 0.330 e. The number of esters is 1. The van der Waals surface area contributed by atoms with Crippen LogP contribution in [0.25, 0.3) is 0 Å². The molecule has 2 amide bonds. The molecular weight excluding hydrogens is 306 g/mol. The smallest absolute Gasteiger partial charge is 0.330 e. The maximum absolute atomic E-state index is 11.8. The minimum absolute atomic E-state index is 0.341. The van der Waals surface area contributed by atoms with Crippen molar-refractivity contribution in [3.8, 4) is 0 Å². The predicted octanol–water partition coefficient (Wildman–Crippen LogP) is -1.08. The van der Waals surface area contributed by atoms with Gasteiger partial charge >= 0.3 is 11.9 Å². The third-order valence-corrected chi connectivity index (χ3v) is 2.87. The molecule has 9 nitrogen and oxygen atoms in total. The number of carboxylic acids is 1. The highest BCUT2D eigenvalue weighted by molar-refractivity contribution is 5.95. The maximum atomic E-state index is 11.8. The molecule has 0 rings (SSSR count). The first kappa shape index (κ1) is 20.6. The fraction of sp³-hybridized carbons (Fsp3) is 0.571. The molecule has 0 saturated carbocycles. The molecule has 0 aliphatic rings. The lowest BCUT2D eigenvalue weighted by molar-refractivity contribution is -0.142. The molecule has 130 valence electrons. The summed E-state index contributed by atoms with van der Waals surface area (Å²) < 4.78 is 4.30. The van der Waals surface area contributed by atoms with Gasteiger partial charge in [-0.2, -0.15) is 0 Å². The molecule has 1 unspecified atom stereocenters. The average Bonchev–Trinajstić information content (AvgIpc) is 2.53. The van der Waals surface area contributed by atoms with Crippen LogP contribution < -0.4 is 16.4 Å². The van der Waals surface area contributed by atoms with Crippen molar-refractivity contribution in [1.29, 1.82) is 0 Å². The Bertz CT molecular complexity index is 463. The van der Waals surface area contributed by atoms with Crippen molar-refractivity contribution in [1.82, 2.24) is 10.6 Å². The number of aliphatic carboxylic acids is 1. The molecule has 0 aromatic heterocycles. The van der Waals surface area contributed by atoms with E-state index in [9.17, 15) is 19.2 Å². The fourth-order valence-electron chi connectivity index (χ4n) is 1.51. The van der Waals surface area contributed by atoms with Crippen LogP contribution in [-0.4, -0.2) is 54.6 Å². The van der Waals surface area contributed by atoms with Crippen LogP contribution in [-0.2, 0) is 23.9 Å². The van der Waals surface area contributed by atoms with Crippen LogP contribution in [0.5, 0.6) is 0 Å². The first-order chi connectivity index (χ1) is 10.8. The van der Waals surface area contributed by atoms with Crippen LogP contribution in [0, 0.1) is 0 Å². The summed E-state index contributed by atoms with van der Waals surface area (Å²) in [5.41, 5.74) is 5.65. The van der Waals surface area contributed by atoms with Crippen molar-refractivity contribution in [3.63, 3.8) is 0 Å². The molecule has 0 aromatic rings. The zero-order valence-electron chi connectivity index (χ0n) is 13.2. The number of rotatable bonds is 10. The first-order valence-corrected chi connectivity index (χ1v) is 7.14. The highest BCUT2D eigenvalue weighted by Gasteiger charge is 2.23. The van der Waals surface area contributed by atoms with Crippen molar-refractivity contribution in [3.05, 3.63) is 12.2 Å². The van der Waals surface area contributed by atoms with Crippen molar-refractivity contribution >= 4 is 23.8 Å². The van der Waals surface area contributed by atoms with E-state index in [1.54, 1.807) is 0 Å². The van der Waals surface area contributed by atoms with E-state index in [0.717, 1.165) is 32.1 Å². The van der Waals surface area contributed by atoms with Gasteiger partial charge < -0.3 is 26.2 Å². The molecule has 5 N–H and O–H groups in total. The summed E-state index contributed by atoms with van der Waals surface area (Å²) in [6.07, 6.45) is 3.86. The Kier molecular flexibility index (Phi) is 10.0. The Balaban J connectivity index is 4.45. The van der Waals surface area contributed by atoms with Gasteiger partial charge in [0.1, 0.15) is 6.04 Å². The number of unbranched alkanes of at least 4 members (excludes halogenated alkanes) is 1. The van der Waals surface area contributed by atoms with Crippen LogP contribution in [0.15, 0.2) is 12.2 Å². The quantitative estimate of drug-likeness (QED) is 0.294. The molecule has 0 aromatic carbocycles. The number of amides is 2. The second kappa shape index (κ2) is 11.2. The van der Waals surface area contributed by atoms with Gasteiger partial charge in [-0.15, -0.1) is 0 Å². The SMILES string of the molecule is CCCCC(N)C(=O)N[C@@H](CNC(=O)/C=C/C(=O)OC)C(=O)O. The lowest BCUT2D eigenvalue weighted by Crippen LogP contribution is -2.52. The van der Waals surface area contributed by atoms with Crippen molar-refractivity contribution in [2.45, 2.75) is 38.3 Å². The van der Waals surface area contributed by atoms with Gasteiger partial charge in [-0.25, -0.2) is 9.59 Å². The van der Waals surface area contributed by atoms with Gasteiger partial charge in [0.15, 0.2) is 0 Å². The minimum Gasteiger partial charge on any atom is -0.480 e. The molecule has 0 aliphatic carbocycles. The Hall–Kier alpha value is -2.42. The monoisotopic (exact) mass is 329 g/mol. The largest absolute Gasteiger partial charge is 0.480 e. The number of carbonyl (C=O) groups excluding carboxylic acids is 3. The molecular formula is C14H23N3O6. The average molecular weight is 329 g/mol. The van der Waals surface area contributed by atoms with E-state index < -0.39 is 35.8 Å². The van der Waals surface area contributed by atoms with E-state index in [4.69, 9.17) is 10.8 Å². The highest BCUT2D eigenvalue weighted by Crippen LogP contribution is 1.98. The lowest BCUT2D eigenvalue weighted by Gasteiger charge is -2.17. The molecule has 0 heterocycles. The van der Waals surface area contributed by atoms with Crippen molar-refractivity contribution in [2.75, 3.05) is 13.7 Å². The van der Waals surface area contributed by atoms with Gasteiger partial charge in [-0.05, 0) is 6.42 Å². The van der Waals surface area contributed by atoms with Crippen molar-refractivity contribution in [2.24, 2.45) is 5.73 Å². The summed E-state index contributed by atoms with van der Waals surface area (Å²) in [5, 5.41) is 13.6. The molecule has 0 spiro atoms. The summed E-state index contributed by atoms with van der Waals surface area (Å²) in [5.74, 6) is -3.31. The zero-order valence-corrected chi connectivity index (χ0v) is 13.2. The zero-order chi connectivity index (χ0) is 17.8. The molecule has 23 heavy (non-hydrogen) atoms. The van der Waals surface area contributed by atoms with Crippen LogP contribution >= 0.6 is 0 Å². The number of hydrogen-bond donors (Lipinski definition) is 4. The summed E-state index contributed by atoms with van der Waals surface area (Å²) in [6.45, 7) is 1.61. The van der Waals surface area contributed by atoms with Crippen LogP contribution in [0.3, 0.4) is 0 Å². The summed E-state index contributed by atoms with van der Waals surface area (Å²) in [7, 11) is 1.16. The number of hydrogen-bond acceptors (Lipinski definition) is 6. The molecule has 0 fully saturated rings. The van der Waals surface area contributed by atoms with Gasteiger partial charge in [-0.3, -0.25) is 9.59 Å². The van der Waals surface area contributed by atoms with Crippen LogP contribution in [0.1, 0.15) is 26.2 Å². The van der Waals surface area contributed by atoms with E-state index in [1.165, 1.54) is 0 Å². The number of methoxy groups -OCH3 is 1. The summed E-state index contributed by atoms with van der Waals surface area (Å²) in [4.78, 5) is 45.1. The molecule has 2 atom stereocenters. The van der Waals surface area contributed by atoms with E-state index in [1.807, 2.05) is 6.92 Å². The first-order valence-electron chi connectivity index (χ1n) is 7.14. The summed E-state index contributed by atoms with van der Waals surface area (Å²) >= 11 is 0. The minimum atomic E-state index is -1.31. The van der Waals surface area contributed by atoms with Crippen LogP contribution in [0.4, 0.5) is 0 Å². The van der Waals surface area contributed by atoms with Gasteiger partial charge in [0.05, 0.1) is 13.2 Å².